The highest BCUT2D eigenvalue weighted by molar-refractivity contribution is 6.22. The first-order valence-electron chi connectivity index (χ1n) is 5.22. The number of carbonyl (C=O) groups excluding carboxylic acids is 2. The molecule has 0 bridgehead atoms. The lowest BCUT2D eigenvalue weighted by molar-refractivity contribution is -0.123. The normalized spacial score (nSPS) is 28.9. The smallest absolute Gasteiger partial charge is 0.237 e. The van der Waals surface area contributed by atoms with Gasteiger partial charge in [-0.25, -0.2) is 0 Å². The van der Waals surface area contributed by atoms with Gasteiger partial charge in [-0.3, -0.25) is 14.5 Å². The molecule has 1 heterocycles. The Morgan fingerprint density at radius 2 is 1.47 bits per heavy atom. The maximum absolute atomic E-state index is 11.9. The minimum atomic E-state index is -0.0299. The predicted molar refractivity (Wildman–Crippen MR) is 55.1 cm³/mol. The summed E-state index contributed by atoms with van der Waals surface area (Å²) in [6.07, 6.45) is 1.75. The molecule has 2 unspecified atom stereocenters. The van der Waals surface area contributed by atoms with Crippen molar-refractivity contribution in [1.29, 1.82) is 0 Å². The molecule has 0 N–H and O–H groups in total. The summed E-state index contributed by atoms with van der Waals surface area (Å²) >= 11 is 0. The Balaban J connectivity index is 2.00. The van der Waals surface area contributed by atoms with Crippen LogP contribution in [0.15, 0.2) is 30.3 Å². The Morgan fingerprint density at radius 1 is 0.933 bits per heavy atom. The van der Waals surface area contributed by atoms with E-state index < -0.39 is 0 Å². The largest absolute Gasteiger partial charge is 0.274 e. The standard InChI is InChI=1S/C12H11NO2/c14-11-9-6-7-10(9)12(15)13(11)8-4-2-1-3-5-8/h1-5,9-10H,6-7H2. The van der Waals surface area contributed by atoms with Gasteiger partial charge in [0.1, 0.15) is 0 Å². The Morgan fingerprint density at radius 3 is 1.93 bits per heavy atom. The van der Waals surface area contributed by atoms with E-state index in [1.54, 1.807) is 12.1 Å². The van der Waals surface area contributed by atoms with Crippen LogP contribution in [0, 0.1) is 11.8 Å². The quantitative estimate of drug-likeness (QED) is 0.647. The number of fused-ring (bicyclic) bond motifs is 1. The number of imide groups is 1. The molecule has 2 fully saturated rings. The number of rotatable bonds is 1. The molecule has 0 radical (unpaired) electrons. The highest BCUT2D eigenvalue weighted by Gasteiger charge is 2.53. The van der Waals surface area contributed by atoms with Gasteiger partial charge in [0.25, 0.3) is 0 Å². The van der Waals surface area contributed by atoms with Crippen LogP contribution < -0.4 is 4.90 Å². The summed E-state index contributed by atoms with van der Waals surface area (Å²) in [5.41, 5.74) is 0.710. The molecule has 1 saturated carbocycles. The lowest BCUT2D eigenvalue weighted by Crippen LogP contribution is -2.29. The summed E-state index contributed by atoms with van der Waals surface area (Å²) < 4.78 is 0. The third kappa shape index (κ3) is 1.06. The van der Waals surface area contributed by atoms with Crippen LogP contribution >= 0.6 is 0 Å². The van der Waals surface area contributed by atoms with Gasteiger partial charge >= 0.3 is 0 Å². The van der Waals surface area contributed by atoms with Gasteiger partial charge in [0, 0.05) is 0 Å². The van der Waals surface area contributed by atoms with E-state index >= 15 is 0 Å². The van der Waals surface area contributed by atoms with Gasteiger partial charge < -0.3 is 0 Å². The fourth-order valence-electron chi connectivity index (χ4n) is 2.36. The number of anilines is 1. The van der Waals surface area contributed by atoms with E-state index in [2.05, 4.69) is 0 Å². The second-order valence-electron chi connectivity index (χ2n) is 4.14. The van der Waals surface area contributed by atoms with E-state index in [4.69, 9.17) is 0 Å². The molecule has 1 saturated heterocycles. The lowest BCUT2D eigenvalue weighted by Gasteiger charge is -2.23. The highest BCUT2D eigenvalue weighted by atomic mass is 16.2. The fourth-order valence-corrected chi connectivity index (χ4v) is 2.36. The summed E-state index contributed by atoms with van der Waals surface area (Å²) in [6, 6.07) is 9.18. The molecular formula is C12H11NO2. The average molecular weight is 201 g/mol. The van der Waals surface area contributed by atoms with E-state index in [1.807, 2.05) is 18.2 Å². The zero-order valence-electron chi connectivity index (χ0n) is 8.22. The van der Waals surface area contributed by atoms with Gasteiger partial charge in [0.15, 0.2) is 0 Å². The van der Waals surface area contributed by atoms with Crippen molar-refractivity contribution in [3.8, 4) is 0 Å². The molecular weight excluding hydrogens is 190 g/mol. The summed E-state index contributed by atoms with van der Waals surface area (Å²) in [6.45, 7) is 0. The van der Waals surface area contributed by atoms with Crippen LogP contribution in [0.5, 0.6) is 0 Å². The first-order valence-corrected chi connectivity index (χ1v) is 5.22. The summed E-state index contributed by atoms with van der Waals surface area (Å²) in [4.78, 5) is 25.1. The van der Waals surface area contributed by atoms with Crippen LogP contribution in [0.2, 0.25) is 0 Å². The number of carbonyl (C=O) groups is 2. The second-order valence-corrected chi connectivity index (χ2v) is 4.14. The third-order valence-corrected chi connectivity index (χ3v) is 3.36. The number of nitrogens with zero attached hydrogens (tertiary/aromatic N) is 1. The van der Waals surface area contributed by atoms with E-state index in [9.17, 15) is 9.59 Å². The molecule has 2 amide bonds. The average Bonchev–Trinajstić information content (AvgIpc) is 2.33. The molecule has 3 heteroatoms. The molecule has 76 valence electrons. The van der Waals surface area contributed by atoms with E-state index in [0.717, 1.165) is 12.8 Å². The van der Waals surface area contributed by atoms with Crippen LogP contribution in [-0.2, 0) is 9.59 Å². The fraction of sp³-hybridized carbons (Fsp3) is 0.333. The predicted octanol–water partition coefficient (Wildman–Crippen LogP) is 1.59. The maximum Gasteiger partial charge on any atom is 0.237 e. The summed E-state index contributed by atoms with van der Waals surface area (Å²) in [5, 5.41) is 0. The topological polar surface area (TPSA) is 37.4 Å². The number of hydrogen-bond acceptors (Lipinski definition) is 2. The Kier molecular flexibility index (Phi) is 1.69. The van der Waals surface area contributed by atoms with Gasteiger partial charge in [0.05, 0.1) is 17.5 Å². The first kappa shape index (κ1) is 8.65. The molecule has 3 nitrogen and oxygen atoms in total. The zero-order chi connectivity index (χ0) is 10.4. The van der Waals surface area contributed by atoms with E-state index in [1.165, 1.54) is 4.90 Å². The SMILES string of the molecule is O=C1C2CCC2C(=O)N1c1ccccc1. The Labute approximate surface area is 87.7 Å². The monoisotopic (exact) mass is 201 g/mol. The summed E-state index contributed by atoms with van der Waals surface area (Å²) in [7, 11) is 0. The van der Waals surface area contributed by atoms with E-state index in [0.29, 0.717) is 5.69 Å². The van der Waals surface area contributed by atoms with E-state index in [-0.39, 0.29) is 23.7 Å². The number of benzene rings is 1. The zero-order valence-corrected chi connectivity index (χ0v) is 8.22. The molecule has 15 heavy (non-hydrogen) atoms. The molecule has 2 atom stereocenters. The Hall–Kier alpha value is -1.64. The molecule has 1 aromatic carbocycles. The van der Waals surface area contributed by atoms with Crippen molar-refractivity contribution in [3.63, 3.8) is 0 Å². The van der Waals surface area contributed by atoms with Crippen molar-refractivity contribution < 1.29 is 9.59 Å². The van der Waals surface area contributed by atoms with Crippen LogP contribution in [0.1, 0.15) is 12.8 Å². The molecule has 0 spiro atoms. The Bertz CT molecular complexity index is 405. The first-order chi connectivity index (χ1) is 7.29. The van der Waals surface area contributed by atoms with Crippen molar-refractivity contribution in [2.24, 2.45) is 11.8 Å². The molecule has 1 aromatic rings. The molecule has 1 aliphatic carbocycles. The maximum atomic E-state index is 11.9. The van der Waals surface area contributed by atoms with Gasteiger partial charge in [0.2, 0.25) is 11.8 Å². The minimum Gasteiger partial charge on any atom is -0.274 e. The molecule has 1 aliphatic heterocycles. The third-order valence-electron chi connectivity index (χ3n) is 3.36. The lowest BCUT2D eigenvalue weighted by atomic mass is 9.76. The number of hydrogen-bond donors (Lipinski definition) is 0. The van der Waals surface area contributed by atoms with Crippen molar-refractivity contribution in [3.05, 3.63) is 30.3 Å². The van der Waals surface area contributed by atoms with Gasteiger partial charge in [-0.15, -0.1) is 0 Å². The minimum absolute atomic E-state index is 0.0116. The van der Waals surface area contributed by atoms with Gasteiger partial charge in [-0.05, 0) is 25.0 Å². The van der Waals surface area contributed by atoms with Crippen LogP contribution in [-0.4, -0.2) is 11.8 Å². The highest BCUT2D eigenvalue weighted by Crippen LogP contribution is 2.43. The van der Waals surface area contributed by atoms with Crippen LogP contribution in [0.4, 0.5) is 5.69 Å². The number of para-hydroxylation sites is 1. The van der Waals surface area contributed by atoms with Crippen LogP contribution in [0.25, 0.3) is 0 Å². The molecule has 0 aromatic heterocycles. The van der Waals surface area contributed by atoms with Crippen molar-refractivity contribution in [2.75, 3.05) is 4.90 Å². The second kappa shape index (κ2) is 2.92. The molecule has 3 rings (SSSR count). The van der Waals surface area contributed by atoms with Gasteiger partial charge in [-0.1, -0.05) is 18.2 Å². The van der Waals surface area contributed by atoms with Crippen LogP contribution in [0.3, 0.4) is 0 Å². The van der Waals surface area contributed by atoms with Crippen molar-refractivity contribution in [1.82, 2.24) is 0 Å². The molecule has 2 aliphatic rings. The summed E-state index contributed by atoms with van der Waals surface area (Å²) in [5.74, 6) is -0.0830. The van der Waals surface area contributed by atoms with Gasteiger partial charge in [-0.2, -0.15) is 0 Å². The van der Waals surface area contributed by atoms with Crippen molar-refractivity contribution >= 4 is 17.5 Å². The van der Waals surface area contributed by atoms with Crippen molar-refractivity contribution in [2.45, 2.75) is 12.8 Å². The number of amides is 2.